The van der Waals surface area contributed by atoms with Gasteiger partial charge in [-0.25, -0.2) is 9.48 Å². The predicted molar refractivity (Wildman–Crippen MR) is 190 cm³/mol. The van der Waals surface area contributed by atoms with Crippen molar-refractivity contribution in [3.8, 4) is 22.9 Å². The minimum absolute atomic E-state index is 0.0288. The van der Waals surface area contributed by atoms with E-state index in [4.69, 9.17) is 20.7 Å². The second-order valence-corrected chi connectivity index (χ2v) is 11.2. The summed E-state index contributed by atoms with van der Waals surface area (Å²) in [5, 5.41) is 12.3. The van der Waals surface area contributed by atoms with Crippen molar-refractivity contribution in [1.29, 1.82) is 0 Å². The van der Waals surface area contributed by atoms with Crippen LogP contribution in [0.15, 0.2) is 85.1 Å². The highest BCUT2D eigenvalue weighted by molar-refractivity contribution is 14.1. The molecule has 0 fully saturated rings. The number of nitrogens with zero attached hydrogens (tertiary/aromatic N) is 3. The molecule has 3 aromatic carbocycles. The molecule has 5 rings (SSSR count). The quantitative estimate of drug-likeness (QED) is 0.110. The highest BCUT2D eigenvalue weighted by Crippen LogP contribution is 2.35. The van der Waals surface area contributed by atoms with Gasteiger partial charge in [-0.3, -0.25) is 15.1 Å². The lowest BCUT2D eigenvalue weighted by molar-refractivity contribution is -0.122. The number of alkyl halides is 1. The summed E-state index contributed by atoms with van der Waals surface area (Å²) in [6.45, 7) is 6.24. The van der Waals surface area contributed by atoms with E-state index in [1.807, 2.05) is 77.2 Å². The summed E-state index contributed by atoms with van der Waals surface area (Å²) in [6, 6.07) is 23.6. The van der Waals surface area contributed by atoms with Crippen molar-refractivity contribution in [2.75, 3.05) is 36.4 Å². The molecule has 0 spiro atoms. The standard InChI is InChI=1S/C34H35N5O5.CH3I/c1-34(2,3)31-20-32(39(38-31)23-10-12-25(43-5)13-11-23)37-33(41)36-29-14-15-30(28-9-7-6-8-27(28)29)44-26-16-17-35-22(19-26)18-24(40)21-42-4;1-2/h6-17,19-20H,18,21H2,1-5H3,(H2,36,37,41);1H3/i;1D. The summed E-state index contributed by atoms with van der Waals surface area (Å²) in [4.78, 5) is 30.1. The molecular weight excluding hydrogens is 697 g/mol. The van der Waals surface area contributed by atoms with Crippen molar-refractivity contribution in [1.82, 2.24) is 14.8 Å². The molecule has 11 heteroatoms. The first-order valence-corrected chi connectivity index (χ1v) is 15.9. The summed E-state index contributed by atoms with van der Waals surface area (Å²) < 4.78 is 24.3. The van der Waals surface area contributed by atoms with E-state index in [2.05, 4.69) is 36.4 Å². The van der Waals surface area contributed by atoms with E-state index >= 15 is 0 Å². The lowest BCUT2D eigenvalue weighted by atomic mass is 9.92. The lowest BCUT2D eigenvalue weighted by Crippen LogP contribution is -2.21. The fourth-order valence-electron chi connectivity index (χ4n) is 4.65. The van der Waals surface area contributed by atoms with Gasteiger partial charge in [0.25, 0.3) is 0 Å². The number of aromatic nitrogens is 3. The van der Waals surface area contributed by atoms with Crippen molar-refractivity contribution in [3.63, 3.8) is 0 Å². The Hall–Kier alpha value is -4.49. The molecule has 0 saturated heterocycles. The number of ether oxygens (including phenoxy) is 3. The van der Waals surface area contributed by atoms with Crippen molar-refractivity contribution in [3.05, 3.63) is 96.4 Å². The van der Waals surface area contributed by atoms with Crippen LogP contribution in [-0.2, 0) is 21.4 Å². The minimum Gasteiger partial charge on any atom is -0.497 e. The summed E-state index contributed by atoms with van der Waals surface area (Å²) >= 11 is 1.96. The molecule has 0 saturated carbocycles. The van der Waals surface area contributed by atoms with Crippen LogP contribution < -0.4 is 20.1 Å². The van der Waals surface area contributed by atoms with E-state index in [-0.39, 0.29) is 24.2 Å². The molecule has 0 aliphatic heterocycles. The number of ketones is 1. The van der Waals surface area contributed by atoms with E-state index in [1.54, 1.807) is 42.3 Å². The fourth-order valence-corrected chi connectivity index (χ4v) is 4.65. The van der Waals surface area contributed by atoms with Gasteiger partial charge in [0, 0.05) is 43.0 Å². The van der Waals surface area contributed by atoms with E-state index in [1.165, 1.54) is 7.11 Å². The highest BCUT2D eigenvalue weighted by Gasteiger charge is 2.22. The molecule has 5 aromatic rings. The molecule has 10 nitrogen and oxygen atoms in total. The van der Waals surface area contributed by atoms with Gasteiger partial charge in [0.1, 0.15) is 29.7 Å². The Morgan fingerprint density at radius 2 is 1.65 bits per heavy atom. The maximum Gasteiger partial charge on any atom is 0.324 e. The summed E-state index contributed by atoms with van der Waals surface area (Å²) in [6.07, 6.45) is 1.76. The summed E-state index contributed by atoms with van der Waals surface area (Å²) in [5.74, 6) is 2.33. The van der Waals surface area contributed by atoms with E-state index < -0.39 is 6.03 Å². The molecular formula is C35H38IN5O5. The van der Waals surface area contributed by atoms with Crippen LogP contribution in [0.5, 0.6) is 17.2 Å². The first-order chi connectivity index (χ1) is 22.6. The van der Waals surface area contributed by atoms with Gasteiger partial charge in [0.05, 0.1) is 36.3 Å². The van der Waals surface area contributed by atoms with Crippen molar-refractivity contribution < 1.29 is 25.2 Å². The topological polar surface area (TPSA) is 117 Å². The number of fused-ring (bicyclic) bond motifs is 1. The van der Waals surface area contributed by atoms with Crippen LogP contribution in [0.25, 0.3) is 16.5 Å². The largest absolute Gasteiger partial charge is 0.497 e. The monoisotopic (exact) mass is 736 g/mol. The SMILES string of the molecule is COCC(=O)Cc1cc(Oc2ccc(NC(=O)Nc3cc(C(C)(C)C)nn3-c3ccc(OC)cc3)c3ccccc23)ccn1.[2H]CI. The normalized spacial score (nSPS) is 11.2. The lowest BCUT2D eigenvalue weighted by Gasteiger charge is -2.14. The molecule has 2 amide bonds. The second-order valence-electron chi connectivity index (χ2n) is 11.2. The van der Waals surface area contributed by atoms with E-state index in [0.717, 1.165) is 27.9 Å². The van der Waals surface area contributed by atoms with Crippen molar-refractivity contribution in [2.24, 2.45) is 0 Å². The van der Waals surface area contributed by atoms with Crippen LogP contribution in [0, 0.1) is 0 Å². The third kappa shape index (κ3) is 8.61. The van der Waals surface area contributed by atoms with Crippen LogP contribution in [0.4, 0.5) is 16.3 Å². The number of nitrogens with one attached hydrogen (secondary N) is 2. The zero-order valence-electron chi connectivity index (χ0n) is 27.5. The van der Waals surface area contributed by atoms with Crippen molar-refractivity contribution in [2.45, 2.75) is 32.6 Å². The van der Waals surface area contributed by atoms with Crippen LogP contribution in [0.3, 0.4) is 0 Å². The number of rotatable bonds is 10. The predicted octanol–water partition coefficient (Wildman–Crippen LogP) is 7.97. The zero-order valence-corrected chi connectivity index (χ0v) is 28.6. The van der Waals surface area contributed by atoms with Crippen LogP contribution in [0.1, 0.15) is 33.5 Å². The number of Topliss-reactive ketones (excluding diaryl/α,β-unsaturated/α-hetero) is 1. The minimum atomic E-state index is -0.418. The van der Waals surface area contributed by atoms with Crippen molar-refractivity contribution >= 4 is 56.7 Å². The van der Waals surface area contributed by atoms with Gasteiger partial charge in [-0.1, -0.05) is 67.6 Å². The van der Waals surface area contributed by atoms with E-state index in [0.29, 0.717) is 33.6 Å². The number of halogens is 1. The number of benzene rings is 3. The van der Waals surface area contributed by atoms with Gasteiger partial charge in [-0.05, 0) is 47.4 Å². The number of anilines is 2. The number of carbonyl (C=O) groups excluding carboxylic acids is 2. The van der Waals surface area contributed by atoms with E-state index in [9.17, 15) is 9.59 Å². The Balaban J connectivity index is 0.00000160. The van der Waals surface area contributed by atoms with Crippen LogP contribution in [0.2, 0.25) is 0 Å². The third-order valence-corrected chi connectivity index (χ3v) is 6.87. The molecule has 46 heavy (non-hydrogen) atoms. The van der Waals surface area contributed by atoms with Crippen LogP contribution in [-0.4, -0.2) is 52.3 Å². The number of methoxy groups -OCH3 is 2. The highest BCUT2D eigenvalue weighted by atomic mass is 127. The van der Waals surface area contributed by atoms with Crippen LogP contribution >= 0.6 is 22.6 Å². The first-order valence-electron chi connectivity index (χ1n) is 15.1. The second kappa shape index (κ2) is 15.7. The molecule has 240 valence electrons. The molecule has 2 N–H and O–H groups in total. The molecule has 2 heterocycles. The van der Waals surface area contributed by atoms with Gasteiger partial charge in [0.2, 0.25) is 0 Å². The molecule has 0 aliphatic rings. The molecule has 0 radical (unpaired) electrons. The number of amides is 2. The molecule has 0 atom stereocenters. The fraction of sp³-hybridized carbons (Fsp3) is 0.257. The Labute approximate surface area is 284 Å². The van der Waals surface area contributed by atoms with Gasteiger partial charge < -0.3 is 19.5 Å². The number of hydrogen-bond acceptors (Lipinski definition) is 7. The number of hydrogen-bond donors (Lipinski definition) is 2. The zero-order chi connectivity index (χ0) is 34.0. The maximum absolute atomic E-state index is 13.4. The van der Waals surface area contributed by atoms with Gasteiger partial charge >= 0.3 is 6.03 Å². The Morgan fingerprint density at radius 1 is 0.935 bits per heavy atom. The average Bonchev–Trinajstić information content (AvgIpc) is 3.47. The molecule has 0 unspecified atom stereocenters. The van der Waals surface area contributed by atoms with Gasteiger partial charge in [-0.2, -0.15) is 5.10 Å². The maximum atomic E-state index is 13.4. The Bertz CT molecular complexity index is 1820. The van der Waals surface area contributed by atoms with Gasteiger partial charge in [0.15, 0.2) is 5.78 Å². The smallest absolute Gasteiger partial charge is 0.324 e. The summed E-state index contributed by atoms with van der Waals surface area (Å²) in [5.41, 5.74) is 2.58. The number of urea groups is 1. The summed E-state index contributed by atoms with van der Waals surface area (Å²) in [7, 11) is 3.10. The number of pyridine rings is 1. The molecule has 0 bridgehead atoms. The Morgan fingerprint density at radius 3 is 2.33 bits per heavy atom. The molecule has 0 aliphatic carbocycles. The first kappa shape index (κ1) is 32.9. The average molecular weight is 737 g/mol. The molecule has 2 aromatic heterocycles. The number of carbonyl (C=O) groups is 2. The third-order valence-electron chi connectivity index (χ3n) is 6.87. The van der Waals surface area contributed by atoms with Gasteiger partial charge in [-0.15, -0.1) is 0 Å². The Kier molecular flexibility index (Phi) is 11.2.